The second-order valence-electron chi connectivity index (χ2n) is 5.72. The van der Waals surface area contributed by atoms with Crippen molar-refractivity contribution in [2.24, 2.45) is 0 Å². The molecule has 126 valence electrons. The molecule has 0 saturated carbocycles. The van der Waals surface area contributed by atoms with Gasteiger partial charge in [-0.25, -0.2) is 4.98 Å². The van der Waals surface area contributed by atoms with Gasteiger partial charge in [-0.3, -0.25) is 9.20 Å². The van der Waals surface area contributed by atoms with Gasteiger partial charge >= 0.3 is 0 Å². The van der Waals surface area contributed by atoms with Gasteiger partial charge in [-0.2, -0.15) is 0 Å². The Hall–Kier alpha value is -1.85. The van der Waals surface area contributed by atoms with Crippen molar-refractivity contribution in [2.45, 2.75) is 32.6 Å². The first kappa shape index (κ1) is 17.0. The minimum Gasteiger partial charge on any atom is -0.356 e. The summed E-state index contributed by atoms with van der Waals surface area (Å²) in [7, 11) is 0. The quantitative estimate of drug-likeness (QED) is 0.627. The number of aromatic nitrogens is 2. The molecule has 0 unspecified atom stereocenters. The van der Waals surface area contributed by atoms with Gasteiger partial charge in [-0.1, -0.05) is 37.1 Å². The highest BCUT2D eigenvalue weighted by atomic mass is 35.5. The Labute approximate surface area is 150 Å². The van der Waals surface area contributed by atoms with Crippen LogP contribution in [0.5, 0.6) is 0 Å². The van der Waals surface area contributed by atoms with E-state index in [4.69, 9.17) is 11.6 Å². The number of rotatable bonds is 7. The van der Waals surface area contributed by atoms with E-state index in [1.54, 1.807) is 11.3 Å². The molecule has 0 fully saturated rings. The molecule has 1 N–H and O–H groups in total. The number of hydrogen-bond acceptors (Lipinski definition) is 3. The Bertz CT molecular complexity index is 823. The third-order valence-corrected chi connectivity index (χ3v) is 5.02. The summed E-state index contributed by atoms with van der Waals surface area (Å²) in [6, 6.07) is 7.67. The van der Waals surface area contributed by atoms with Crippen LogP contribution in [0, 0.1) is 0 Å². The summed E-state index contributed by atoms with van der Waals surface area (Å²) < 4.78 is 2.08. The summed E-state index contributed by atoms with van der Waals surface area (Å²) in [5, 5.41) is 5.75. The van der Waals surface area contributed by atoms with Gasteiger partial charge < -0.3 is 5.32 Å². The minimum absolute atomic E-state index is 0.112. The maximum atomic E-state index is 11.9. The zero-order chi connectivity index (χ0) is 16.9. The number of aryl methyl sites for hydroxylation is 1. The molecule has 0 radical (unpaired) electrons. The lowest BCUT2D eigenvalue weighted by atomic mass is 10.2. The molecule has 1 amide bonds. The lowest BCUT2D eigenvalue weighted by Gasteiger charge is -2.03. The van der Waals surface area contributed by atoms with Crippen molar-refractivity contribution >= 4 is 33.8 Å². The summed E-state index contributed by atoms with van der Waals surface area (Å²) in [4.78, 5) is 17.5. The molecule has 0 saturated heterocycles. The van der Waals surface area contributed by atoms with Gasteiger partial charge in [-0.05, 0) is 25.0 Å². The number of unbranched alkanes of at least 4 members (excludes halogenated alkanes) is 1. The summed E-state index contributed by atoms with van der Waals surface area (Å²) in [5.74, 6) is 0.112. The minimum atomic E-state index is 0.112. The average Bonchev–Trinajstić information content (AvgIpc) is 3.15. The Balaban J connectivity index is 1.69. The maximum absolute atomic E-state index is 11.9. The summed E-state index contributed by atoms with van der Waals surface area (Å²) in [6.45, 7) is 2.88. The molecule has 3 rings (SSSR count). The molecule has 24 heavy (non-hydrogen) atoms. The molecule has 0 bridgehead atoms. The summed E-state index contributed by atoms with van der Waals surface area (Å²) >= 11 is 7.54. The standard InChI is InChI=1S/C18H20ClN3OS/c1-2-3-10-20-17(23)9-8-15-12-24-18-21-16(11-22(15)18)13-4-6-14(19)7-5-13/h4-7,11-12H,2-3,8-10H2,1H3,(H,20,23). The number of nitrogens with one attached hydrogen (secondary N) is 1. The van der Waals surface area contributed by atoms with Crippen molar-refractivity contribution in [3.05, 3.63) is 46.6 Å². The second-order valence-corrected chi connectivity index (χ2v) is 6.99. The molecule has 4 nitrogen and oxygen atoms in total. The van der Waals surface area contributed by atoms with E-state index in [9.17, 15) is 4.79 Å². The molecule has 0 atom stereocenters. The Morgan fingerprint density at radius 1 is 1.33 bits per heavy atom. The van der Waals surface area contributed by atoms with Crippen molar-refractivity contribution in [1.29, 1.82) is 0 Å². The fourth-order valence-electron chi connectivity index (χ4n) is 2.50. The van der Waals surface area contributed by atoms with Crippen molar-refractivity contribution in [1.82, 2.24) is 14.7 Å². The molecule has 6 heteroatoms. The lowest BCUT2D eigenvalue weighted by Crippen LogP contribution is -2.24. The van der Waals surface area contributed by atoms with E-state index >= 15 is 0 Å². The topological polar surface area (TPSA) is 46.4 Å². The number of carbonyl (C=O) groups excluding carboxylic acids is 1. The molecule has 0 aliphatic heterocycles. The van der Waals surface area contributed by atoms with Gasteiger partial charge in [0.2, 0.25) is 5.91 Å². The zero-order valence-corrected chi connectivity index (χ0v) is 15.2. The van der Waals surface area contributed by atoms with Gasteiger partial charge in [0.25, 0.3) is 0 Å². The van der Waals surface area contributed by atoms with Crippen LogP contribution < -0.4 is 5.32 Å². The van der Waals surface area contributed by atoms with Crippen LogP contribution in [-0.4, -0.2) is 21.8 Å². The molecule has 2 heterocycles. The van der Waals surface area contributed by atoms with Gasteiger partial charge in [0.15, 0.2) is 4.96 Å². The first-order chi connectivity index (χ1) is 11.7. The van der Waals surface area contributed by atoms with E-state index in [2.05, 4.69) is 27.0 Å². The van der Waals surface area contributed by atoms with Gasteiger partial charge in [0.05, 0.1) is 5.69 Å². The van der Waals surface area contributed by atoms with Gasteiger partial charge in [-0.15, -0.1) is 11.3 Å². The molecule has 0 aliphatic rings. The van der Waals surface area contributed by atoms with Crippen LogP contribution in [0.1, 0.15) is 31.9 Å². The second kappa shape index (κ2) is 7.81. The number of benzene rings is 1. The highest BCUT2D eigenvalue weighted by Gasteiger charge is 2.11. The normalized spacial score (nSPS) is 11.1. The number of nitrogens with zero attached hydrogens (tertiary/aromatic N) is 2. The monoisotopic (exact) mass is 361 g/mol. The first-order valence-corrected chi connectivity index (χ1v) is 9.41. The largest absolute Gasteiger partial charge is 0.356 e. The Kier molecular flexibility index (Phi) is 5.53. The summed E-state index contributed by atoms with van der Waals surface area (Å²) in [6.07, 6.45) is 5.37. The van der Waals surface area contributed by atoms with E-state index in [1.807, 2.05) is 30.5 Å². The Morgan fingerprint density at radius 3 is 2.88 bits per heavy atom. The predicted octanol–water partition coefficient (Wildman–Crippen LogP) is 4.57. The molecule has 1 aromatic carbocycles. The number of amides is 1. The zero-order valence-electron chi connectivity index (χ0n) is 13.6. The fourth-order valence-corrected chi connectivity index (χ4v) is 3.54. The number of imidazole rings is 1. The SMILES string of the molecule is CCCCNC(=O)CCc1csc2nc(-c3ccc(Cl)cc3)cn12. The molecule has 0 spiro atoms. The third kappa shape index (κ3) is 3.97. The highest BCUT2D eigenvalue weighted by molar-refractivity contribution is 7.15. The van der Waals surface area contributed by atoms with Crippen LogP contribution >= 0.6 is 22.9 Å². The third-order valence-electron chi connectivity index (χ3n) is 3.88. The van der Waals surface area contributed by atoms with Crippen LogP contribution in [0.4, 0.5) is 0 Å². The fraction of sp³-hybridized carbons (Fsp3) is 0.333. The number of fused-ring (bicyclic) bond motifs is 1. The van der Waals surface area contributed by atoms with Crippen LogP contribution in [0.25, 0.3) is 16.2 Å². The van der Waals surface area contributed by atoms with Crippen LogP contribution in [0.15, 0.2) is 35.8 Å². The van der Waals surface area contributed by atoms with Crippen molar-refractivity contribution < 1.29 is 4.79 Å². The lowest BCUT2D eigenvalue weighted by molar-refractivity contribution is -0.121. The van der Waals surface area contributed by atoms with E-state index < -0.39 is 0 Å². The van der Waals surface area contributed by atoms with Crippen molar-refractivity contribution in [3.8, 4) is 11.3 Å². The smallest absolute Gasteiger partial charge is 0.220 e. The van der Waals surface area contributed by atoms with E-state index in [0.717, 1.165) is 46.3 Å². The van der Waals surface area contributed by atoms with Crippen molar-refractivity contribution in [3.63, 3.8) is 0 Å². The molecule has 0 aliphatic carbocycles. The number of carbonyl (C=O) groups is 1. The van der Waals surface area contributed by atoms with Gasteiger partial charge in [0.1, 0.15) is 0 Å². The average molecular weight is 362 g/mol. The van der Waals surface area contributed by atoms with Crippen LogP contribution in [0.2, 0.25) is 5.02 Å². The number of thiazole rings is 1. The molecule has 2 aromatic heterocycles. The number of halogens is 1. The van der Waals surface area contributed by atoms with Crippen molar-refractivity contribution in [2.75, 3.05) is 6.54 Å². The number of hydrogen-bond donors (Lipinski definition) is 1. The molecule has 3 aromatic rings. The van der Waals surface area contributed by atoms with Crippen LogP contribution in [-0.2, 0) is 11.2 Å². The molecular formula is C18H20ClN3OS. The van der Waals surface area contributed by atoms with E-state index in [-0.39, 0.29) is 5.91 Å². The summed E-state index contributed by atoms with van der Waals surface area (Å²) in [5.41, 5.74) is 3.08. The Morgan fingerprint density at radius 2 is 2.12 bits per heavy atom. The first-order valence-electron chi connectivity index (χ1n) is 8.15. The highest BCUT2D eigenvalue weighted by Crippen LogP contribution is 2.25. The molecular weight excluding hydrogens is 342 g/mol. The predicted molar refractivity (Wildman–Crippen MR) is 99.8 cm³/mol. The maximum Gasteiger partial charge on any atom is 0.220 e. The van der Waals surface area contributed by atoms with E-state index in [1.165, 1.54) is 0 Å². The van der Waals surface area contributed by atoms with E-state index in [0.29, 0.717) is 12.8 Å². The van der Waals surface area contributed by atoms with Crippen LogP contribution in [0.3, 0.4) is 0 Å². The van der Waals surface area contributed by atoms with Gasteiger partial charge in [0, 0.05) is 40.8 Å².